The van der Waals surface area contributed by atoms with E-state index < -0.39 is 11.9 Å². The van der Waals surface area contributed by atoms with Crippen molar-refractivity contribution in [3.05, 3.63) is 81.0 Å². The van der Waals surface area contributed by atoms with Gasteiger partial charge >= 0.3 is 11.9 Å². The zero-order chi connectivity index (χ0) is 43.0. The van der Waals surface area contributed by atoms with Crippen molar-refractivity contribution in [1.29, 1.82) is 0 Å². The molecule has 0 N–H and O–H groups in total. The number of benzene rings is 1. The van der Waals surface area contributed by atoms with E-state index in [1.54, 1.807) is 0 Å². The molecule has 0 radical (unpaired) electrons. The van der Waals surface area contributed by atoms with Crippen LogP contribution in [0.4, 0.5) is 0 Å². The first kappa shape index (κ1) is 49.0. The summed E-state index contributed by atoms with van der Waals surface area (Å²) >= 11 is 0. The van der Waals surface area contributed by atoms with Crippen molar-refractivity contribution in [3.63, 3.8) is 0 Å². The van der Waals surface area contributed by atoms with Crippen LogP contribution in [-0.2, 0) is 20.7 Å². The van der Waals surface area contributed by atoms with Crippen molar-refractivity contribution in [1.82, 2.24) is 0 Å². The van der Waals surface area contributed by atoms with E-state index in [1.807, 2.05) is 39.0 Å². The van der Waals surface area contributed by atoms with Crippen LogP contribution >= 0.6 is 0 Å². The number of allylic oxidation sites excluding steroid dienone is 9. The number of hydrogen-bond acceptors (Lipinski definition) is 5. The lowest BCUT2D eigenvalue weighted by atomic mass is 9.72. The summed E-state index contributed by atoms with van der Waals surface area (Å²) in [6, 6.07) is 0. The minimum absolute atomic E-state index is 0.0256. The second kappa shape index (κ2) is 23.4. The predicted molar refractivity (Wildman–Crippen MR) is 245 cm³/mol. The Hall–Kier alpha value is -3.34. The molecule has 0 fully saturated rings. The minimum atomic E-state index is -0.428. The summed E-state index contributed by atoms with van der Waals surface area (Å²) in [4.78, 5) is 25.5. The van der Waals surface area contributed by atoms with Crippen molar-refractivity contribution in [2.24, 2.45) is 23.2 Å². The second-order valence-electron chi connectivity index (χ2n) is 19.6. The SMILES string of the molecule is CC1=C(/C=C/C(C)=C/C=C/C(C)=C\COC(=O)CCC(=O)Oc2c(C)c(C)c3c(c2C)CCC(C)(CCCC(C)CCCC(C)CCCC(C)C)O3)C(C)(C)CCC1. The van der Waals surface area contributed by atoms with Gasteiger partial charge in [0.25, 0.3) is 0 Å². The molecule has 0 bridgehead atoms. The molecule has 0 aromatic heterocycles. The Morgan fingerprint density at radius 2 is 1.40 bits per heavy atom. The Bertz CT molecular complexity index is 1680. The number of carbonyl (C=O) groups is 2. The smallest absolute Gasteiger partial charge is 0.311 e. The van der Waals surface area contributed by atoms with Gasteiger partial charge in [-0.2, -0.15) is 0 Å². The third-order valence-electron chi connectivity index (χ3n) is 13.0. The summed E-state index contributed by atoms with van der Waals surface area (Å²) in [6.45, 7) is 29.0. The maximum atomic E-state index is 13.0. The molecule has 5 nitrogen and oxygen atoms in total. The quantitative estimate of drug-likeness (QED) is 0.0664. The van der Waals surface area contributed by atoms with Gasteiger partial charge in [0.05, 0.1) is 12.8 Å². The first-order valence-electron chi connectivity index (χ1n) is 22.9. The molecule has 0 spiro atoms. The van der Waals surface area contributed by atoms with Crippen LogP contribution in [0.15, 0.2) is 58.7 Å². The molecule has 0 saturated heterocycles. The lowest BCUT2D eigenvalue weighted by Gasteiger charge is -2.38. The van der Waals surface area contributed by atoms with Gasteiger partial charge in [-0.05, 0) is 145 Å². The van der Waals surface area contributed by atoms with Gasteiger partial charge < -0.3 is 14.2 Å². The summed E-state index contributed by atoms with van der Waals surface area (Å²) in [5, 5.41) is 0. The molecule has 1 aromatic rings. The molecule has 1 aliphatic heterocycles. The Balaban J connectivity index is 1.42. The summed E-state index contributed by atoms with van der Waals surface area (Å²) in [7, 11) is 0. The van der Waals surface area contributed by atoms with E-state index >= 15 is 0 Å². The summed E-state index contributed by atoms with van der Waals surface area (Å²) in [5.74, 6) is 3.11. The Kier molecular flexibility index (Phi) is 19.8. The number of ether oxygens (including phenoxy) is 3. The lowest BCUT2D eigenvalue weighted by Crippen LogP contribution is -2.37. The highest BCUT2D eigenvalue weighted by atomic mass is 16.5. The van der Waals surface area contributed by atoms with Crippen LogP contribution in [0.3, 0.4) is 0 Å². The molecule has 2 aliphatic rings. The number of esters is 2. The zero-order valence-corrected chi connectivity index (χ0v) is 39.3. The fourth-order valence-corrected chi connectivity index (χ4v) is 8.82. The Morgan fingerprint density at radius 3 is 2.05 bits per heavy atom. The van der Waals surface area contributed by atoms with Crippen molar-refractivity contribution < 1.29 is 23.8 Å². The van der Waals surface area contributed by atoms with E-state index in [0.717, 1.165) is 70.6 Å². The lowest BCUT2D eigenvalue weighted by molar-refractivity contribution is -0.146. The van der Waals surface area contributed by atoms with E-state index in [1.165, 1.54) is 87.3 Å². The molecule has 1 aliphatic carbocycles. The van der Waals surface area contributed by atoms with Crippen LogP contribution in [0.5, 0.6) is 11.5 Å². The van der Waals surface area contributed by atoms with Gasteiger partial charge in [-0.25, -0.2) is 0 Å². The van der Waals surface area contributed by atoms with Crippen molar-refractivity contribution in [2.75, 3.05) is 6.61 Å². The Morgan fingerprint density at radius 1 is 0.759 bits per heavy atom. The van der Waals surface area contributed by atoms with E-state index in [0.29, 0.717) is 5.75 Å². The maximum absolute atomic E-state index is 13.0. The van der Waals surface area contributed by atoms with Crippen LogP contribution in [0, 0.1) is 43.9 Å². The molecule has 324 valence electrons. The summed E-state index contributed by atoms with van der Waals surface area (Å²) in [6.07, 6.45) is 29.5. The molecule has 1 aromatic carbocycles. The molecule has 0 amide bonds. The van der Waals surface area contributed by atoms with Gasteiger partial charge in [0.2, 0.25) is 0 Å². The monoisotopic (exact) mass is 799 g/mol. The molecule has 3 rings (SSSR count). The van der Waals surface area contributed by atoms with Crippen molar-refractivity contribution >= 4 is 11.9 Å². The molecule has 5 heteroatoms. The predicted octanol–water partition coefficient (Wildman–Crippen LogP) is 14.9. The third kappa shape index (κ3) is 16.0. The van der Waals surface area contributed by atoms with Crippen LogP contribution in [0.2, 0.25) is 0 Å². The minimum Gasteiger partial charge on any atom is -0.487 e. The van der Waals surface area contributed by atoms with Gasteiger partial charge in [0.15, 0.2) is 0 Å². The van der Waals surface area contributed by atoms with Crippen molar-refractivity contribution in [3.8, 4) is 11.5 Å². The fourth-order valence-electron chi connectivity index (χ4n) is 8.82. The average molecular weight is 799 g/mol. The van der Waals surface area contributed by atoms with Crippen LogP contribution in [0.1, 0.15) is 188 Å². The first-order chi connectivity index (χ1) is 27.3. The molecule has 1 heterocycles. The van der Waals surface area contributed by atoms with Crippen LogP contribution in [0.25, 0.3) is 0 Å². The molecule has 3 atom stereocenters. The maximum Gasteiger partial charge on any atom is 0.311 e. The molecular weight excluding hydrogens is 717 g/mol. The summed E-state index contributed by atoms with van der Waals surface area (Å²) in [5.41, 5.74) is 9.21. The van der Waals surface area contributed by atoms with Gasteiger partial charge in [0, 0.05) is 5.56 Å². The largest absolute Gasteiger partial charge is 0.487 e. The first-order valence-corrected chi connectivity index (χ1v) is 22.9. The topological polar surface area (TPSA) is 61.8 Å². The number of hydrogen-bond donors (Lipinski definition) is 0. The fraction of sp³-hybridized carbons (Fsp3) is 0.660. The highest BCUT2D eigenvalue weighted by Crippen LogP contribution is 2.45. The highest BCUT2D eigenvalue weighted by Gasteiger charge is 2.35. The van der Waals surface area contributed by atoms with E-state index in [9.17, 15) is 9.59 Å². The van der Waals surface area contributed by atoms with Crippen LogP contribution < -0.4 is 9.47 Å². The number of fused-ring (bicyclic) bond motifs is 1. The van der Waals surface area contributed by atoms with E-state index in [-0.39, 0.29) is 30.5 Å². The molecule has 58 heavy (non-hydrogen) atoms. The summed E-state index contributed by atoms with van der Waals surface area (Å²) < 4.78 is 18.2. The highest BCUT2D eigenvalue weighted by molar-refractivity contribution is 5.80. The molecule has 3 unspecified atom stereocenters. The van der Waals surface area contributed by atoms with Gasteiger partial charge in [-0.1, -0.05) is 134 Å². The normalized spacial score (nSPS) is 19.8. The van der Waals surface area contributed by atoms with Gasteiger partial charge in [-0.15, -0.1) is 0 Å². The molecule has 0 saturated carbocycles. The van der Waals surface area contributed by atoms with Gasteiger partial charge in [0.1, 0.15) is 23.7 Å². The zero-order valence-electron chi connectivity index (χ0n) is 39.3. The third-order valence-corrected chi connectivity index (χ3v) is 13.0. The number of carbonyl (C=O) groups excluding carboxylic acids is 2. The van der Waals surface area contributed by atoms with Crippen molar-refractivity contribution in [2.45, 2.75) is 198 Å². The average Bonchev–Trinajstić information content (AvgIpc) is 3.14. The van der Waals surface area contributed by atoms with E-state index in [2.05, 4.69) is 87.5 Å². The number of rotatable bonds is 22. The Labute approximate surface area is 355 Å². The standard InChI is InChI=1S/C53H82O5/c1-37(2)19-14-20-38(3)21-15-22-39(4)25-17-34-53(13)35-31-46-45(10)50(43(8)44(9)51(46)58-53)57-49(55)30-29-48(54)56-36-32-41(6)24-16-23-40(5)27-28-47-42(7)26-18-33-52(47,11)12/h16,23-24,27-28,32,37-39H,14-15,17-22,25-26,29-31,33-36H2,1-13H3/b24-16+,28-27+,40-23+,41-32-. The van der Waals surface area contributed by atoms with Crippen LogP contribution in [-0.4, -0.2) is 24.1 Å². The van der Waals surface area contributed by atoms with Gasteiger partial charge in [-0.3, -0.25) is 9.59 Å². The second-order valence-corrected chi connectivity index (χ2v) is 19.6. The molecular formula is C53H82O5. The van der Waals surface area contributed by atoms with E-state index in [4.69, 9.17) is 14.2 Å².